The summed E-state index contributed by atoms with van der Waals surface area (Å²) < 4.78 is 16.7. The van der Waals surface area contributed by atoms with Crippen molar-refractivity contribution in [3.63, 3.8) is 0 Å². The second-order valence-corrected chi connectivity index (χ2v) is 7.81. The van der Waals surface area contributed by atoms with Gasteiger partial charge in [0.05, 0.1) is 42.8 Å². The zero-order chi connectivity index (χ0) is 20.9. The number of carbonyl (C=O) groups excluding carboxylic acids is 1. The number of carbonyl (C=O) groups is 1. The number of hydrogen-bond donors (Lipinski definition) is 1. The van der Waals surface area contributed by atoms with Gasteiger partial charge in [0.2, 0.25) is 5.91 Å². The van der Waals surface area contributed by atoms with E-state index in [1.54, 1.807) is 18.2 Å². The molecule has 0 unspecified atom stereocenters. The Morgan fingerprint density at radius 1 is 1.03 bits per heavy atom. The van der Waals surface area contributed by atoms with E-state index in [9.17, 15) is 4.79 Å². The molecule has 1 N–H and O–H groups in total. The Kier molecular flexibility index (Phi) is 6.67. The second kappa shape index (κ2) is 9.60. The Balaban J connectivity index is 1.50. The number of amides is 1. The first kappa shape index (κ1) is 20.8. The normalized spacial score (nSPS) is 16.4. The van der Waals surface area contributed by atoms with Crippen molar-refractivity contribution in [3.05, 3.63) is 52.0 Å². The fourth-order valence-electron chi connectivity index (χ4n) is 3.38. The van der Waals surface area contributed by atoms with E-state index in [1.807, 2.05) is 18.2 Å². The number of hydrogen-bond acceptors (Lipinski definition) is 5. The summed E-state index contributed by atoms with van der Waals surface area (Å²) in [5.74, 6) is 0.865. The monoisotopic (exact) mass is 448 g/mol. The molecule has 158 valence electrons. The first-order valence-corrected chi connectivity index (χ1v) is 10.6. The number of morpholine rings is 1. The molecular weight excluding hydrogens is 427 g/mol. The van der Waals surface area contributed by atoms with Crippen LogP contribution in [0.1, 0.15) is 12.0 Å². The van der Waals surface area contributed by atoms with Crippen molar-refractivity contribution < 1.29 is 19.0 Å². The molecule has 0 aliphatic carbocycles. The molecule has 0 spiro atoms. The lowest BCUT2D eigenvalue weighted by molar-refractivity contribution is -0.111. The van der Waals surface area contributed by atoms with Gasteiger partial charge in [-0.3, -0.25) is 4.79 Å². The molecule has 2 heterocycles. The van der Waals surface area contributed by atoms with Gasteiger partial charge in [-0.2, -0.15) is 0 Å². The summed E-state index contributed by atoms with van der Waals surface area (Å²) in [4.78, 5) is 14.8. The minimum Gasteiger partial charge on any atom is -0.489 e. The standard InChI is InChI=1S/C22H22Cl2N2O4/c23-16-3-4-19(26-6-10-28-11-7-26)18(14-16)25-21(27)5-2-15-12-17(24)22-20(13-15)29-8-1-9-30-22/h2-5,12-14H,1,6-11H2,(H,25,27)/b5-2+. The Morgan fingerprint density at radius 2 is 1.83 bits per heavy atom. The van der Waals surface area contributed by atoms with Crippen LogP contribution in [0.2, 0.25) is 10.0 Å². The molecule has 0 atom stereocenters. The van der Waals surface area contributed by atoms with Crippen molar-refractivity contribution >= 4 is 46.6 Å². The zero-order valence-electron chi connectivity index (χ0n) is 16.3. The van der Waals surface area contributed by atoms with Crippen LogP contribution in [0, 0.1) is 0 Å². The average Bonchev–Trinajstić information content (AvgIpc) is 2.99. The third-order valence-corrected chi connectivity index (χ3v) is 5.34. The fraction of sp³-hybridized carbons (Fsp3) is 0.318. The van der Waals surface area contributed by atoms with Crippen LogP contribution >= 0.6 is 23.2 Å². The highest BCUT2D eigenvalue weighted by Gasteiger charge is 2.17. The van der Waals surface area contributed by atoms with E-state index in [-0.39, 0.29) is 5.91 Å². The van der Waals surface area contributed by atoms with Crippen molar-refractivity contribution in [2.24, 2.45) is 0 Å². The first-order chi connectivity index (χ1) is 14.6. The van der Waals surface area contributed by atoms with Crippen LogP contribution in [-0.4, -0.2) is 45.4 Å². The van der Waals surface area contributed by atoms with Crippen LogP contribution in [0.25, 0.3) is 6.08 Å². The Labute approximate surface area is 185 Å². The molecule has 0 radical (unpaired) electrons. The summed E-state index contributed by atoms with van der Waals surface area (Å²) in [5.41, 5.74) is 2.33. The number of benzene rings is 2. The number of halogens is 2. The number of ether oxygens (including phenoxy) is 3. The number of rotatable bonds is 4. The van der Waals surface area contributed by atoms with E-state index in [0.717, 1.165) is 30.8 Å². The largest absolute Gasteiger partial charge is 0.489 e. The topological polar surface area (TPSA) is 60.0 Å². The molecular formula is C22H22Cl2N2O4. The van der Waals surface area contributed by atoms with Crippen LogP contribution in [0.4, 0.5) is 11.4 Å². The molecule has 1 amide bonds. The molecule has 4 rings (SSSR count). The summed E-state index contributed by atoms with van der Waals surface area (Å²) in [6.07, 6.45) is 3.94. The maximum atomic E-state index is 12.6. The van der Waals surface area contributed by atoms with Crippen LogP contribution in [-0.2, 0) is 9.53 Å². The fourth-order valence-corrected chi connectivity index (χ4v) is 3.83. The number of nitrogens with zero attached hydrogens (tertiary/aromatic N) is 1. The van der Waals surface area contributed by atoms with Gasteiger partial charge in [-0.15, -0.1) is 0 Å². The van der Waals surface area contributed by atoms with Gasteiger partial charge in [-0.25, -0.2) is 0 Å². The van der Waals surface area contributed by atoms with Gasteiger partial charge in [0.25, 0.3) is 0 Å². The van der Waals surface area contributed by atoms with Gasteiger partial charge in [0.15, 0.2) is 11.5 Å². The van der Waals surface area contributed by atoms with Gasteiger partial charge in [-0.1, -0.05) is 23.2 Å². The molecule has 30 heavy (non-hydrogen) atoms. The SMILES string of the molecule is O=C(/C=C/c1cc(Cl)c2c(c1)OCCCO2)Nc1cc(Cl)ccc1N1CCOCC1. The van der Waals surface area contributed by atoms with Gasteiger partial charge >= 0.3 is 0 Å². The van der Waals surface area contributed by atoms with Crippen LogP contribution in [0.15, 0.2) is 36.4 Å². The molecule has 1 fully saturated rings. The zero-order valence-corrected chi connectivity index (χ0v) is 17.8. The maximum absolute atomic E-state index is 12.6. The number of fused-ring (bicyclic) bond motifs is 1. The van der Waals surface area contributed by atoms with Gasteiger partial charge in [0.1, 0.15) is 0 Å². The highest BCUT2D eigenvalue weighted by Crippen LogP contribution is 2.38. The van der Waals surface area contributed by atoms with Crippen molar-refractivity contribution in [1.29, 1.82) is 0 Å². The molecule has 6 nitrogen and oxygen atoms in total. The predicted molar refractivity (Wildman–Crippen MR) is 119 cm³/mol. The lowest BCUT2D eigenvalue weighted by atomic mass is 10.1. The molecule has 2 aromatic rings. The summed E-state index contributed by atoms with van der Waals surface area (Å²) in [6.45, 7) is 3.96. The minimum atomic E-state index is -0.269. The van der Waals surface area contributed by atoms with E-state index in [4.69, 9.17) is 37.4 Å². The average molecular weight is 449 g/mol. The van der Waals surface area contributed by atoms with E-state index in [1.165, 1.54) is 6.08 Å². The summed E-state index contributed by atoms with van der Waals surface area (Å²) in [7, 11) is 0. The second-order valence-electron chi connectivity index (χ2n) is 6.96. The number of nitrogens with one attached hydrogen (secondary N) is 1. The van der Waals surface area contributed by atoms with Crippen LogP contribution < -0.4 is 19.7 Å². The molecule has 0 saturated carbocycles. The maximum Gasteiger partial charge on any atom is 0.248 e. The van der Waals surface area contributed by atoms with E-state index >= 15 is 0 Å². The summed E-state index contributed by atoms with van der Waals surface area (Å²) in [5, 5.41) is 3.94. The quantitative estimate of drug-likeness (QED) is 0.690. The first-order valence-electron chi connectivity index (χ1n) is 9.80. The molecule has 2 aliphatic heterocycles. The summed E-state index contributed by atoms with van der Waals surface area (Å²) in [6, 6.07) is 9.04. The highest BCUT2D eigenvalue weighted by atomic mass is 35.5. The van der Waals surface area contributed by atoms with E-state index < -0.39 is 0 Å². The third kappa shape index (κ3) is 5.01. The lowest BCUT2D eigenvalue weighted by Crippen LogP contribution is -2.36. The molecule has 2 aromatic carbocycles. The van der Waals surface area contributed by atoms with Gasteiger partial charge < -0.3 is 24.4 Å². The van der Waals surface area contributed by atoms with Gasteiger partial charge in [-0.05, 0) is 42.0 Å². The molecule has 0 aromatic heterocycles. The van der Waals surface area contributed by atoms with Crippen molar-refractivity contribution in [3.8, 4) is 11.5 Å². The van der Waals surface area contributed by atoms with Crippen molar-refractivity contribution in [1.82, 2.24) is 0 Å². The molecule has 0 bridgehead atoms. The highest BCUT2D eigenvalue weighted by molar-refractivity contribution is 6.32. The van der Waals surface area contributed by atoms with Crippen LogP contribution in [0.5, 0.6) is 11.5 Å². The molecule has 8 heteroatoms. The molecule has 1 saturated heterocycles. The minimum absolute atomic E-state index is 0.269. The van der Waals surface area contributed by atoms with Crippen molar-refractivity contribution in [2.45, 2.75) is 6.42 Å². The van der Waals surface area contributed by atoms with E-state index in [0.29, 0.717) is 53.7 Å². The van der Waals surface area contributed by atoms with E-state index in [2.05, 4.69) is 10.2 Å². The Morgan fingerprint density at radius 3 is 2.67 bits per heavy atom. The summed E-state index contributed by atoms with van der Waals surface area (Å²) >= 11 is 12.5. The Bertz CT molecular complexity index is 958. The number of anilines is 2. The van der Waals surface area contributed by atoms with Crippen molar-refractivity contribution in [2.75, 3.05) is 49.7 Å². The smallest absolute Gasteiger partial charge is 0.248 e. The van der Waals surface area contributed by atoms with Gasteiger partial charge in [0, 0.05) is 30.6 Å². The third-order valence-electron chi connectivity index (χ3n) is 4.82. The van der Waals surface area contributed by atoms with Crippen LogP contribution in [0.3, 0.4) is 0 Å². The Hall–Kier alpha value is -2.41. The lowest BCUT2D eigenvalue weighted by Gasteiger charge is -2.30. The molecule has 2 aliphatic rings. The predicted octanol–water partition coefficient (Wildman–Crippen LogP) is 4.64.